The monoisotopic (exact) mass is 260 g/mol. The molecule has 0 aliphatic carbocycles. The summed E-state index contributed by atoms with van der Waals surface area (Å²) in [5.74, 6) is -0.921. The number of aromatic amines is 1. The summed E-state index contributed by atoms with van der Waals surface area (Å²) in [6, 6.07) is 3.91. The van der Waals surface area contributed by atoms with Crippen molar-refractivity contribution in [2.24, 2.45) is 5.73 Å². The van der Waals surface area contributed by atoms with Crippen LogP contribution in [0.1, 0.15) is 12.0 Å². The number of pyridine rings is 1. The fraction of sp³-hybridized carbons (Fsp3) is 0.385. The lowest BCUT2D eigenvalue weighted by Gasteiger charge is -2.19. The fourth-order valence-electron chi connectivity index (χ4n) is 2.61. The van der Waals surface area contributed by atoms with Crippen LogP contribution in [0.4, 0.5) is 0 Å². The zero-order valence-electron chi connectivity index (χ0n) is 10.5. The van der Waals surface area contributed by atoms with Crippen LogP contribution in [0.5, 0.6) is 0 Å². The summed E-state index contributed by atoms with van der Waals surface area (Å²) < 4.78 is 0. The minimum atomic E-state index is -1.11. The van der Waals surface area contributed by atoms with Crippen LogP contribution in [0.2, 0.25) is 0 Å². The first kappa shape index (κ1) is 12.1. The minimum absolute atomic E-state index is 0.384. The van der Waals surface area contributed by atoms with Crippen molar-refractivity contribution in [2.75, 3.05) is 13.1 Å². The Kier molecular flexibility index (Phi) is 2.76. The number of nitrogens with two attached hydrogens (primary N) is 1. The molecule has 0 bridgehead atoms. The molecule has 19 heavy (non-hydrogen) atoms. The van der Waals surface area contributed by atoms with Gasteiger partial charge in [0.15, 0.2) is 0 Å². The van der Waals surface area contributed by atoms with Crippen molar-refractivity contribution in [2.45, 2.75) is 18.5 Å². The fourth-order valence-corrected chi connectivity index (χ4v) is 2.61. The lowest BCUT2D eigenvalue weighted by Crippen LogP contribution is -2.50. The lowest BCUT2D eigenvalue weighted by atomic mass is 10.0. The molecule has 1 aliphatic rings. The maximum absolute atomic E-state index is 11.1. The molecule has 2 aromatic heterocycles. The summed E-state index contributed by atoms with van der Waals surface area (Å²) in [6.45, 7) is 1.78. The van der Waals surface area contributed by atoms with Crippen molar-refractivity contribution < 1.29 is 9.90 Å². The highest BCUT2D eigenvalue weighted by atomic mass is 16.4. The second-order valence-electron chi connectivity index (χ2n) is 5.14. The number of carboxylic acids is 1. The number of hydrogen-bond acceptors (Lipinski definition) is 4. The third-order valence-corrected chi connectivity index (χ3v) is 3.74. The van der Waals surface area contributed by atoms with Gasteiger partial charge in [-0.1, -0.05) is 0 Å². The first-order valence-electron chi connectivity index (χ1n) is 6.24. The molecule has 3 rings (SSSR count). The first-order chi connectivity index (χ1) is 9.08. The number of carboxylic acid groups (broad SMARTS) is 1. The van der Waals surface area contributed by atoms with Crippen LogP contribution in [-0.4, -0.2) is 44.6 Å². The summed E-state index contributed by atoms with van der Waals surface area (Å²) in [4.78, 5) is 20.5. The lowest BCUT2D eigenvalue weighted by molar-refractivity contribution is -0.142. The van der Waals surface area contributed by atoms with Crippen molar-refractivity contribution in [1.82, 2.24) is 14.9 Å². The molecular formula is C13H16N4O2. The number of nitrogens with zero attached hydrogens (tertiary/aromatic N) is 2. The Balaban J connectivity index is 1.78. The van der Waals surface area contributed by atoms with Crippen LogP contribution in [-0.2, 0) is 11.3 Å². The SMILES string of the molecule is NC1(C(=O)O)CCN(Cc2c[nH]c3ncccc23)C1. The largest absolute Gasteiger partial charge is 0.480 e. The molecule has 0 aromatic carbocycles. The third kappa shape index (κ3) is 2.09. The number of hydrogen-bond donors (Lipinski definition) is 3. The highest BCUT2D eigenvalue weighted by Crippen LogP contribution is 2.23. The number of likely N-dealkylation sites (tertiary alicyclic amines) is 1. The zero-order chi connectivity index (χ0) is 13.5. The Hall–Kier alpha value is -1.92. The summed E-state index contributed by atoms with van der Waals surface area (Å²) in [5, 5.41) is 10.2. The van der Waals surface area contributed by atoms with Gasteiger partial charge in [0, 0.05) is 37.4 Å². The van der Waals surface area contributed by atoms with Gasteiger partial charge >= 0.3 is 5.97 Å². The normalized spacial score (nSPS) is 24.1. The Morgan fingerprint density at radius 1 is 1.63 bits per heavy atom. The Morgan fingerprint density at radius 2 is 2.47 bits per heavy atom. The third-order valence-electron chi connectivity index (χ3n) is 3.74. The molecule has 0 radical (unpaired) electrons. The van der Waals surface area contributed by atoms with Crippen LogP contribution >= 0.6 is 0 Å². The van der Waals surface area contributed by atoms with Crippen LogP contribution < -0.4 is 5.73 Å². The molecule has 2 aromatic rings. The highest BCUT2D eigenvalue weighted by Gasteiger charge is 2.41. The van der Waals surface area contributed by atoms with Crippen molar-refractivity contribution >= 4 is 17.0 Å². The molecule has 1 fully saturated rings. The maximum atomic E-state index is 11.1. The van der Waals surface area contributed by atoms with E-state index in [9.17, 15) is 4.79 Å². The van der Waals surface area contributed by atoms with Gasteiger partial charge in [-0.05, 0) is 24.1 Å². The van der Waals surface area contributed by atoms with E-state index in [0.717, 1.165) is 16.6 Å². The molecule has 1 atom stereocenters. The molecule has 100 valence electrons. The van der Waals surface area contributed by atoms with Gasteiger partial charge < -0.3 is 15.8 Å². The van der Waals surface area contributed by atoms with Gasteiger partial charge in [0.2, 0.25) is 0 Å². The van der Waals surface area contributed by atoms with E-state index in [1.54, 1.807) is 6.20 Å². The Morgan fingerprint density at radius 3 is 3.21 bits per heavy atom. The number of aliphatic carboxylic acids is 1. The second kappa shape index (κ2) is 4.32. The van der Waals surface area contributed by atoms with Gasteiger partial charge in [-0.2, -0.15) is 0 Å². The Bertz CT molecular complexity index is 624. The van der Waals surface area contributed by atoms with Crippen LogP contribution in [0.3, 0.4) is 0 Å². The molecule has 3 heterocycles. The molecule has 0 saturated carbocycles. The summed E-state index contributed by atoms with van der Waals surface area (Å²) >= 11 is 0. The van der Waals surface area contributed by atoms with E-state index in [2.05, 4.69) is 14.9 Å². The molecular weight excluding hydrogens is 244 g/mol. The standard InChI is InChI=1S/C13H16N4O2/c14-13(12(18)19)3-5-17(8-13)7-9-6-16-11-10(9)2-1-4-15-11/h1-2,4,6H,3,5,7-8,14H2,(H,15,16)(H,18,19). The molecule has 0 amide bonds. The predicted molar refractivity (Wildman–Crippen MR) is 70.5 cm³/mol. The molecule has 0 spiro atoms. The van der Waals surface area contributed by atoms with E-state index in [1.807, 2.05) is 18.3 Å². The number of aromatic nitrogens is 2. The van der Waals surface area contributed by atoms with E-state index < -0.39 is 11.5 Å². The molecule has 1 saturated heterocycles. The van der Waals surface area contributed by atoms with E-state index in [0.29, 0.717) is 26.1 Å². The number of fused-ring (bicyclic) bond motifs is 1. The summed E-state index contributed by atoms with van der Waals surface area (Å²) in [5.41, 5.74) is 6.74. The van der Waals surface area contributed by atoms with E-state index in [4.69, 9.17) is 10.8 Å². The molecule has 1 unspecified atom stereocenters. The van der Waals surface area contributed by atoms with Gasteiger partial charge in [0.1, 0.15) is 11.2 Å². The molecule has 6 nitrogen and oxygen atoms in total. The van der Waals surface area contributed by atoms with Crippen molar-refractivity contribution in [1.29, 1.82) is 0 Å². The maximum Gasteiger partial charge on any atom is 0.325 e. The zero-order valence-corrected chi connectivity index (χ0v) is 10.5. The average Bonchev–Trinajstić information content (AvgIpc) is 2.96. The number of H-pyrrole nitrogens is 1. The van der Waals surface area contributed by atoms with E-state index in [-0.39, 0.29) is 0 Å². The predicted octanol–water partition coefficient (Wildman–Crippen LogP) is 0.551. The second-order valence-corrected chi connectivity index (χ2v) is 5.14. The number of nitrogens with one attached hydrogen (secondary N) is 1. The summed E-state index contributed by atoms with van der Waals surface area (Å²) in [7, 11) is 0. The van der Waals surface area contributed by atoms with Crippen molar-refractivity contribution in [3.8, 4) is 0 Å². The van der Waals surface area contributed by atoms with Crippen molar-refractivity contribution in [3.63, 3.8) is 0 Å². The van der Waals surface area contributed by atoms with E-state index >= 15 is 0 Å². The average molecular weight is 260 g/mol. The first-order valence-corrected chi connectivity index (χ1v) is 6.24. The molecule has 1 aliphatic heterocycles. The van der Waals surface area contributed by atoms with Gasteiger partial charge in [-0.25, -0.2) is 4.98 Å². The molecule has 4 N–H and O–H groups in total. The van der Waals surface area contributed by atoms with Crippen LogP contribution in [0, 0.1) is 0 Å². The summed E-state index contributed by atoms with van der Waals surface area (Å²) in [6.07, 6.45) is 4.16. The topological polar surface area (TPSA) is 95.2 Å². The minimum Gasteiger partial charge on any atom is -0.480 e. The van der Waals surface area contributed by atoms with Crippen LogP contribution in [0.25, 0.3) is 11.0 Å². The Labute approximate surface area is 110 Å². The smallest absolute Gasteiger partial charge is 0.325 e. The number of carbonyl (C=O) groups is 1. The quantitative estimate of drug-likeness (QED) is 0.749. The van der Waals surface area contributed by atoms with Gasteiger partial charge in [0.25, 0.3) is 0 Å². The van der Waals surface area contributed by atoms with Gasteiger partial charge in [-0.3, -0.25) is 9.69 Å². The van der Waals surface area contributed by atoms with Gasteiger partial charge in [-0.15, -0.1) is 0 Å². The highest BCUT2D eigenvalue weighted by molar-refractivity contribution is 5.80. The van der Waals surface area contributed by atoms with Gasteiger partial charge in [0.05, 0.1) is 0 Å². The van der Waals surface area contributed by atoms with Crippen LogP contribution in [0.15, 0.2) is 24.5 Å². The van der Waals surface area contributed by atoms with Crippen molar-refractivity contribution in [3.05, 3.63) is 30.1 Å². The van der Waals surface area contributed by atoms with E-state index in [1.165, 1.54) is 0 Å². The molecule has 6 heteroatoms. The number of rotatable bonds is 3.